The highest BCUT2D eigenvalue weighted by Gasteiger charge is 2.54. The van der Waals surface area contributed by atoms with Gasteiger partial charge in [0, 0.05) is 45.9 Å². The average Bonchev–Trinajstić information content (AvgIpc) is 3.29. The molecule has 0 saturated carbocycles. The monoisotopic (exact) mass is 716 g/mol. The SMILES string of the molecule is CC(=O)O[C@H]1[C@@H](OC(C)=O)[C@H](C)O[C@@H](OP(=O)(O)OP(=O)(O)OC[C@H]2O[C@@H](n3cc(C)c(=O)[nH]c3=O)C[C@@H]2OC(C)=O)[C@@H]1OC(C)=O. The van der Waals surface area contributed by atoms with Crippen molar-refractivity contribution in [2.75, 3.05) is 6.61 Å². The fraction of sp³-hybridized carbons (Fsp3) is 0.667. The van der Waals surface area contributed by atoms with Gasteiger partial charge in [0.1, 0.15) is 18.4 Å². The van der Waals surface area contributed by atoms with Gasteiger partial charge in [-0.1, -0.05) is 0 Å². The van der Waals surface area contributed by atoms with E-state index in [0.717, 1.165) is 32.3 Å². The Hall–Kier alpha value is -3.26. The quantitative estimate of drug-likeness (QED) is 0.144. The summed E-state index contributed by atoms with van der Waals surface area (Å²) in [4.78, 5) is 93.7. The second kappa shape index (κ2) is 15.3. The van der Waals surface area contributed by atoms with E-state index in [1.807, 2.05) is 0 Å². The van der Waals surface area contributed by atoms with E-state index in [4.69, 9.17) is 37.5 Å². The Bertz CT molecular complexity index is 1570. The maximum atomic E-state index is 12.9. The fourth-order valence-electron chi connectivity index (χ4n) is 4.69. The normalized spacial score (nSPS) is 30.0. The molecule has 0 bridgehead atoms. The number of rotatable bonds is 12. The van der Waals surface area contributed by atoms with Crippen LogP contribution in [0.1, 0.15) is 52.8 Å². The van der Waals surface area contributed by atoms with E-state index in [1.165, 1.54) is 20.0 Å². The fourth-order valence-corrected chi connectivity index (χ4v) is 6.84. The molecular formula is C24H34N2O19P2. The van der Waals surface area contributed by atoms with Crippen molar-refractivity contribution in [1.29, 1.82) is 0 Å². The molecular weight excluding hydrogens is 682 g/mol. The molecule has 23 heteroatoms. The van der Waals surface area contributed by atoms with Crippen LogP contribution in [-0.4, -0.2) is 92.7 Å². The first-order chi connectivity index (χ1) is 21.7. The van der Waals surface area contributed by atoms with Crippen LogP contribution in [0.4, 0.5) is 0 Å². The molecule has 0 amide bonds. The van der Waals surface area contributed by atoms with Gasteiger partial charge in [-0.15, -0.1) is 0 Å². The van der Waals surface area contributed by atoms with Crippen molar-refractivity contribution >= 4 is 39.5 Å². The van der Waals surface area contributed by atoms with Gasteiger partial charge < -0.3 is 38.2 Å². The van der Waals surface area contributed by atoms with Crippen molar-refractivity contribution in [3.63, 3.8) is 0 Å². The molecule has 1 aromatic heterocycles. The molecule has 47 heavy (non-hydrogen) atoms. The van der Waals surface area contributed by atoms with Crippen LogP contribution < -0.4 is 11.2 Å². The number of phosphoric ester groups is 2. The smallest absolute Gasteiger partial charge is 0.460 e. The van der Waals surface area contributed by atoms with Crippen LogP contribution in [-0.2, 0) is 70.1 Å². The Balaban J connectivity index is 1.76. The van der Waals surface area contributed by atoms with E-state index in [9.17, 15) is 47.7 Å². The van der Waals surface area contributed by atoms with E-state index in [1.54, 1.807) is 0 Å². The first kappa shape index (κ1) is 38.2. The van der Waals surface area contributed by atoms with Crippen molar-refractivity contribution < 1.29 is 79.9 Å². The van der Waals surface area contributed by atoms with Gasteiger partial charge in [0.2, 0.25) is 6.29 Å². The van der Waals surface area contributed by atoms with Crippen molar-refractivity contribution in [2.24, 2.45) is 0 Å². The molecule has 2 aliphatic heterocycles. The molecule has 0 radical (unpaired) electrons. The molecule has 3 rings (SSSR count). The van der Waals surface area contributed by atoms with Crippen LogP contribution in [0.3, 0.4) is 0 Å². The zero-order chi connectivity index (χ0) is 35.4. The van der Waals surface area contributed by atoms with Crippen LogP contribution in [0.2, 0.25) is 0 Å². The summed E-state index contributed by atoms with van der Waals surface area (Å²) in [5, 5.41) is 0. The average molecular weight is 716 g/mol. The first-order valence-corrected chi connectivity index (χ1v) is 16.7. The second-order valence-corrected chi connectivity index (χ2v) is 13.3. The highest BCUT2D eigenvalue weighted by molar-refractivity contribution is 7.61. The Kier molecular flexibility index (Phi) is 12.4. The van der Waals surface area contributed by atoms with Gasteiger partial charge in [-0.2, -0.15) is 4.31 Å². The predicted octanol–water partition coefficient (Wildman–Crippen LogP) is -0.145. The summed E-state index contributed by atoms with van der Waals surface area (Å²) in [6.45, 7) is 5.83. The van der Waals surface area contributed by atoms with Crippen LogP contribution in [0.5, 0.6) is 0 Å². The number of aromatic amines is 1. The summed E-state index contributed by atoms with van der Waals surface area (Å²) in [5.41, 5.74) is -1.35. The number of phosphoric acid groups is 2. The maximum Gasteiger partial charge on any atom is 0.483 e. The minimum absolute atomic E-state index is 0.150. The standard InChI is InChI=1S/C24H34N2O19P2/c1-10-8-26(24(32)25-22(10)31)18-7-16(39-12(3)27)17(43-18)9-37-46(33,34)45-47(35,36)44-23-21(42-15(6)30)20(41-14(5)29)19(11(2)38-23)40-13(4)28/h8,11,16-21,23H,7,9H2,1-6H3,(H,33,34)(H,35,36)(H,25,31,32)/t11-,16-,17+,18+,19-,20-,21+,23-/m0/s1. The lowest BCUT2D eigenvalue weighted by molar-refractivity contribution is -0.283. The minimum atomic E-state index is -5.68. The minimum Gasteiger partial charge on any atom is -0.460 e. The van der Waals surface area contributed by atoms with Crippen LogP contribution in [0, 0.1) is 6.92 Å². The van der Waals surface area contributed by atoms with Gasteiger partial charge in [0.05, 0.1) is 12.7 Å². The Morgan fingerprint density at radius 2 is 1.45 bits per heavy atom. The molecule has 0 aromatic carbocycles. The van der Waals surface area contributed by atoms with Gasteiger partial charge in [-0.3, -0.25) is 42.6 Å². The van der Waals surface area contributed by atoms with Gasteiger partial charge in [0.15, 0.2) is 18.3 Å². The Labute approximate surface area is 265 Å². The lowest BCUT2D eigenvalue weighted by atomic mass is 9.99. The van der Waals surface area contributed by atoms with E-state index in [2.05, 4.69) is 9.29 Å². The lowest BCUT2D eigenvalue weighted by Gasteiger charge is -2.43. The molecule has 2 saturated heterocycles. The summed E-state index contributed by atoms with van der Waals surface area (Å²) >= 11 is 0. The van der Waals surface area contributed by atoms with Crippen molar-refractivity contribution in [1.82, 2.24) is 9.55 Å². The summed E-state index contributed by atoms with van der Waals surface area (Å²) in [6, 6.07) is 0. The van der Waals surface area contributed by atoms with Crippen molar-refractivity contribution in [3.8, 4) is 0 Å². The second-order valence-electron chi connectivity index (χ2n) is 10.3. The zero-order valence-electron chi connectivity index (χ0n) is 25.8. The number of esters is 4. The number of nitrogens with one attached hydrogen (secondary N) is 1. The third-order valence-corrected chi connectivity index (χ3v) is 9.03. The number of aryl methyl sites for hydroxylation is 1. The number of nitrogens with zero attached hydrogens (tertiary/aromatic N) is 1. The number of carbonyl (C=O) groups is 4. The van der Waals surface area contributed by atoms with E-state index < -0.39 is 107 Å². The molecule has 3 N–H and O–H groups in total. The molecule has 2 unspecified atom stereocenters. The molecule has 21 nitrogen and oxygen atoms in total. The Morgan fingerprint density at radius 3 is 2.02 bits per heavy atom. The van der Waals surface area contributed by atoms with Crippen LogP contribution in [0.25, 0.3) is 0 Å². The number of carbonyl (C=O) groups excluding carboxylic acids is 4. The molecule has 0 spiro atoms. The third-order valence-electron chi connectivity index (χ3n) is 6.43. The zero-order valence-corrected chi connectivity index (χ0v) is 27.6. The summed E-state index contributed by atoms with van der Waals surface area (Å²) in [5.74, 6) is -3.56. The van der Waals surface area contributed by atoms with Gasteiger partial charge in [-0.05, 0) is 13.8 Å². The number of hydrogen-bond acceptors (Lipinski definition) is 17. The van der Waals surface area contributed by atoms with Gasteiger partial charge in [0.25, 0.3) is 5.56 Å². The summed E-state index contributed by atoms with van der Waals surface area (Å²) < 4.78 is 72.3. The van der Waals surface area contributed by atoms with Crippen molar-refractivity contribution in [2.45, 2.75) is 97.1 Å². The number of H-pyrrole nitrogens is 1. The highest BCUT2D eigenvalue weighted by atomic mass is 31.3. The molecule has 2 aliphatic rings. The summed E-state index contributed by atoms with van der Waals surface area (Å²) in [6.07, 6.45) is -10.8. The van der Waals surface area contributed by atoms with Gasteiger partial charge in [-0.25, -0.2) is 13.9 Å². The number of ether oxygens (including phenoxy) is 6. The molecule has 264 valence electrons. The molecule has 1 aromatic rings. The van der Waals surface area contributed by atoms with Crippen LogP contribution in [0.15, 0.2) is 15.8 Å². The van der Waals surface area contributed by atoms with Crippen LogP contribution >= 0.6 is 15.6 Å². The van der Waals surface area contributed by atoms with E-state index in [0.29, 0.717) is 0 Å². The third kappa shape index (κ3) is 10.6. The molecule has 10 atom stereocenters. The summed E-state index contributed by atoms with van der Waals surface area (Å²) in [7, 11) is -11.2. The predicted molar refractivity (Wildman–Crippen MR) is 149 cm³/mol. The molecule has 0 aliphatic carbocycles. The van der Waals surface area contributed by atoms with E-state index >= 15 is 0 Å². The Morgan fingerprint density at radius 1 is 0.894 bits per heavy atom. The lowest BCUT2D eigenvalue weighted by Crippen LogP contribution is -2.61. The number of aromatic nitrogens is 2. The van der Waals surface area contributed by atoms with E-state index in [-0.39, 0.29) is 12.0 Å². The van der Waals surface area contributed by atoms with Crippen molar-refractivity contribution in [3.05, 3.63) is 32.6 Å². The first-order valence-electron chi connectivity index (χ1n) is 13.7. The maximum absolute atomic E-state index is 12.9. The highest BCUT2D eigenvalue weighted by Crippen LogP contribution is 2.61. The molecule has 3 heterocycles. The largest absolute Gasteiger partial charge is 0.483 e. The van der Waals surface area contributed by atoms with Gasteiger partial charge >= 0.3 is 45.2 Å². The number of hydrogen-bond donors (Lipinski definition) is 3. The molecule has 2 fully saturated rings. The topological polar surface area (TPSA) is 281 Å².